The first-order chi connectivity index (χ1) is 12.0. The molecule has 2 aromatic rings. The van der Waals surface area contributed by atoms with Crippen molar-refractivity contribution in [1.29, 1.82) is 0 Å². The second-order valence-electron chi connectivity index (χ2n) is 5.84. The zero-order valence-corrected chi connectivity index (χ0v) is 13.5. The van der Waals surface area contributed by atoms with Crippen LogP contribution in [0.3, 0.4) is 0 Å². The van der Waals surface area contributed by atoms with Gasteiger partial charge >= 0.3 is 6.09 Å². The number of hydrogen-bond acceptors (Lipinski definition) is 5. The number of hydrogen-bond donors (Lipinski definition) is 3. The van der Waals surface area contributed by atoms with E-state index in [1.165, 1.54) is 12.3 Å². The van der Waals surface area contributed by atoms with Crippen LogP contribution in [0.4, 0.5) is 19.4 Å². The molecule has 25 heavy (non-hydrogen) atoms. The summed E-state index contributed by atoms with van der Waals surface area (Å²) in [4.78, 5) is 18.7. The van der Waals surface area contributed by atoms with Crippen molar-refractivity contribution >= 4 is 22.7 Å². The molecule has 0 radical (unpaired) electrons. The summed E-state index contributed by atoms with van der Waals surface area (Å²) in [6, 6.07) is 3.05. The van der Waals surface area contributed by atoms with Gasteiger partial charge < -0.3 is 20.5 Å². The van der Waals surface area contributed by atoms with Crippen molar-refractivity contribution < 1.29 is 23.4 Å². The predicted molar refractivity (Wildman–Crippen MR) is 87.3 cm³/mol. The van der Waals surface area contributed by atoms with Gasteiger partial charge in [0.2, 0.25) is 5.88 Å². The van der Waals surface area contributed by atoms with Gasteiger partial charge in [0.05, 0.1) is 6.61 Å². The molecule has 7 nitrogen and oxygen atoms in total. The first kappa shape index (κ1) is 17.1. The van der Waals surface area contributed by atoms with Crippen molar-refractivity contribution in [1.82, 2.24) is 15.3 Å². The van der Waals surface area contributed by atoms with Gasteiger partial charge in [-0.25, -0.2) is 23.5 Å². The zero-order chi connectivity index (χ0) is 18.0. The predicted octanol–water partition coefficient (Wildman–Crippen LogP) is 3.18. The minimum absolute atomic E-state index is 0.0651. The lowest BCUT2D eigenvalue weighted by Crippen LogP contribution is -2.49. The molecule has 9 heteroatoms. The van der Waals surface area contributed by atoms with E-state index in [9.17, 15) is 13.6 Å². The van der Waals surface area contributed by atoms with E-state index in [2.05, 4.69) is 20.6 Å². The Balaban J connectivity index is 1.78. The monoisotopic (exact) mass is 352 g/mol. The summed E-state index contributed by atoms with van der Waals surface area (Å²) < 4.78 is 31.3. The van der Waals surface area contributed by atoms with Gasteiger partial charge in [-0.2, -0.15) is 0 Å². The number of aromatic nitrogens is 2. The lowest BCUT2D eigenvalue weighted by atomic mass is 9.87. The molecule has 0 bridgehead atoms. The van der Waals surface area contributed by atoms with Crippen molar-refractivity contribution in [3.63, 3.8) is 0 Å². The number of rotatable bonds is 6. The summed E-state index contributed by atoms with van der Waals surface area (Å²) in [5.41, 5.74) is -0.347. The second-order valence-corrected chi connectivity index (χ2v) is 5.84. The molecule has 0 aliphatic heterocycles. The van der Waals surface area contributed by atoms with Crippen molar-refractivity contribution in [2.24, 2.45) is 0 Å². The number of halogens is 2. The molecule has 0 atom stereocenters. The molecule has 0 unspecified atom stereocenters. The Morgan fingerprint density at radius 1 is 1.40 bits per heavy atom. The van der Waals surface area contributed by atoms with Gasteiger partial charge in [-0.15, -0.1) is 0 Å². The maximum atomic E-state index is 12.9. The van der Waals surface area contributed by atoms with Crippen LogP contribution in [0, 0.1) is 0 Å². The fourth-order valence-electron chi connectivity index (χ4n) is 2.81. The molecule has 3 rings (SSSR count). The van der Waals surface area contributed by atoms with E-state index in [0.29, 0.717) is 36.0 Å². The summed E-state index contributed by atoms with van der Waals surface area (Å²) in [6.07, 6.45) is -0.899. The maximum absolute atomic E-state index is 12.9. The Hall–Kier alpha value is -2.71. The number of fused-ring (bicyclic) bond motifs is 1. The van der Waals surface area contributed by atoms with Crippen LogP contribution in [-0.4, -0.2) is 39.9 Å². The van der Waals surface area contributed by atoms with Crippen molar-refractivity contribution in [2.75, 3.05) is 11.9 Å². The summed E-state index contributed by atoms with van der Waals surface area (Å²) >= 11 is 0. The number of carbonyl (C=O) groups is 1. The zero-order valence-electron chi connectivity index (χ0n) is 13.5. The molecule has 0 aromatic carbocycles. The number of amides is 1. The fourth-order valence-corrected chi connectivity index (χ4v) is 2.81. The molecule has 0 saturated heterocycles. The van der Waals surface area contributed by atoms with E-state index in [-0.39, 0.29) is 23.7 Å². The quantitative estimate of drug-likeness (QED) is 0.739. The fraction of sp³-hybridized carbons (Fsp3) is 0.438. The largest absolute Gasteiger partial charge is 0.478 e. The normalized spacial score (nSPS) is 19.5. The van der Waals surface area contributed by atoms with Crippen LogP contribution in [0.15, 0.2) is 18.3 Å². The molecule has 2 heterocycles. The highest BCUT2D eigenvalue weighted by Gasteiger charge is 2.30. The van der Waals surface area contributed by atoms with E-state index < -0.39 is 12.5 Å². The van der Waals surface area contributed by atoms with E-state index >= 15 is 0 Å². The van der Waals surface area contributed by atoms with E-state index in [0.717, 1.165) is 0 Å². The summed E-state index contributed by atoms with van der Waals surface area (Å²) in [7, 11) is 0. The van der Waals surface area contributed by atoms with Crippen LogP contribution in [0.2, 0.25) is 0 Å². The van der Waals surface area contributed by atoms with Crippen molar-refractivity contribution in [2.45, 2.75) is 38.3 Å². The third-order valence-electron chi connectivity index (χ3n) is 4.02. The summed E-state index contributed by atoms with van der Waals surface area (Å²) in [5, 5.41) is 15.4. The SMILES string of the molecule is CCOc1nc(C(F)F)cc2cnc(NC3CC(NC(=O)O)C3)cc12. The molecule has 2 aromatic heterocycles. The Labute approximate surface area is 142 Å². The van der Waals surface area contributed by atoms with E-state index in [1.54, 1.807) is 13.0 Å². The number of anilines is 1. The molecule has 1 aliphatic carbocycles. The Morgan fingerprint density at radius 3 is 2.80 bits per heavy atom. The Kier molecular flexibility index (Phi) is 4.82. The van der Waals surface area contributed by atoms with Crippen LogP contribution in [-0.2, 0) is 0 Å². The number of nitrogens with zero attached hydrogens (tertiary/aromatic N) is 2. The highest BCUT2D eigenvalue weighted by atomic mass is 19.3. The molecule has 1 saturated carbocycles. The van der Waals surface area contributed by atoms with E-state index in [1.807, 2.05) is 0 Å². The highest BCUT2D eigenvalue weighted by Crippen LogP contribution is 2.31. The molecule has 3 N–H and O–H groups in total. The van der Waals surface area contributed by atoms with Crippen LogP contribution in [0.1, 0.15) is 31.9 Å². The van der Waals surface area contributed by atoms with Gasteiger partial charge in [0.1, 0.15) is 11.5 Å². The molecule has 1 amide bonds. The topological polar surface area (TPSA) is 96.4 Å². The number of ether oxygens (including phenoxy) is 1. The lowest BCUT2D eigenvalue weighted by Gasteiger charge is -2.35. The molecule has 0 spiro atoms. The Morgan fingerprint density at radius 2 is 2.16 bits per heavy atom. The van der Waals surface area contributed by atoms with Crippen molar-refractivity contribution in [3.05, 3.63) is 24.0 Å². The summed E-state index contributed by atoms with van der Waals surface area (Å²) in [5.74, 6) is 0.721. The molecule has 1 aliphatic rings. The first-order valence-corrected chi connectivity index (χ1v) is 7.94. The number of carboxylic acid groups (broad SMARTS) is 1. The highest BCUT2D eigenvalue weighted by molar-refractivity contribution is 5.88. The average Bonchev–Trinajstić information content (AvgIpc) is 2.52. The lowest BCUT2D eigenvalue weighted by molar-refractivity contribution is 0.145. The van der Waals surface area contributed by atoms with Crippen LogP contribution < -0.4 is 15.4 Å². The van der Waals surface area contributed by atoms with Crippen LogP contribution in [0.25, 0.3) is 10.8 Å². The second kappa shape index (κ2) is 7.04. The smallest absolute Gasteiger partial charge is 0.404 e. The summed E-state index contributed by atoms with van der Waals surface area (Å²) in [6.45, 7) is 2.07. The van der Waals surface area contributed by atoms with Gasteiger partial charge in [0.25, 0.3) is 6.43 Å². The standard InChI is InChI=1S/C16H18F2N4O3/c1-2-25-15-11-6-13(20-9-4-10(5-9)21-16(23)24)19-7-8(11)3-12(22-15)14(17)18/h3,6-7,9-10,14,21H,2,4-5H2,1H3,(H,19,20)(H,23,24). The minimum atomic E-state index is -2.69. The average molecular weight is 352 g/mol. The third-order valence-corrected chi connectivity index (χ3v) is 4.02. The van der Waals surface area contributed by atoms with Gasteiger partial charge in [-0.05, 0) is 31.9 Å². The third kappa shape index (κ3) is 3.86. The van der Waals surface area contributed by atoms with Gasteiger partial charge in [-0.3, -0.25) is 0 Å². The van der Waals surface area contributed by atoms with Gasteiger partial charge in [-0.1, -0.05) is 0 Å². The van der Waals surface area contributed by atoms with Gasteiger partial charge in [0.15, 0.2) is 0 Å². The van der Waals surface area contributed by atoms with Crippen LogP contribution in [0.5, 0.6) is 5.88 Å². The number of nitrogens with one attached hydrogen (secondary N) is 2. The molecular formula is C16H18F2N4O3. The minimum Gasteiger partial charge on any atom is -0.478 e. The number of alkyl halides is 2. The van der Waals surface area contributed by atoms with Crippen LogP contribution >= 0.6 is 0 Å². The van der Waals surface area contributed by atoms with Gasteiger partial charge in [0, 0.05) is 29.1 Å². The number of pyridine rings is 2. The van der Waals surface area contributed by atoms with E-state index in [4.69, 9.17) is 9.84 Å². The Bertz CT molecular complexity index is 781. The maximum Gasteiger partial charge on any atom is 0.404 e. The molecule has 1 fully saturated rings. The van der Waals surface area contributed by atoms with Crippen molar-refractivity contribution in [3.8, 4) is 5.88 Å². The molecular weight excluding hydrogens is 334 g/mol. The molecule has 134 valence electrons. The first-order valence-electron chi connectivity index (χ1n) is 7.94.